The standard InChI is InChI=1S/C18H32O2/c1-3-4-5-6-7-8-9-10-11-12-13-14-15-16-17-20-18(2)19/h4-5,16-17H,3,6-15H2,1-2H3. The van der Waals surface area contributed by atoms with Crippen LogP contribution in [0.25, 0.3) is 0 Å². The van der Waals surface area contributed by atoms with Gasteiger partial charge in [0.25, 0.3) is 0 Å². The molecule has 0 aliphatic heterocycles. The SMILES string of the molecule is CCC=CCCCCCCCCCCC=COC(C)=O. The first-order chi connectivity index (χ1) is 9.77. The van der Waals surface area contributed by atoms with Gasteiger partial charge in [0.05, 0.1) is 6.26 Å². The summed E-state index contributed by atoms with van der Waals surface area (Å²) in [5, 5.41) is 0. The third-order valence-electron chi connectivity index (χ3n) is 3.22. The zero-order valence-electron chi connectivity index (χ0n) is 13.4. The van der Waals surface area contributed by atoms with Crippen molar-refractivity contribution < 1.29 is 9.53 Å². The molecular weight excluding hydrogens is 248 g/mol. The van der Waals surface area contributed by atoms with Gasteiger partial charge in [-0.3, -0.25) is 4.79 Å². The molecule has 2 nitrogen and oxygen atoms in total. The Morgan fingerprint density at radius 3 is 1.80 bits per heavy atom. The van der Waals surface area contributed by atoms with Crippen LogP contribution in [0.2, 0.25) is 0 Å². The van der Waals surface area contributed by atoms with Gasteiger partial charge in [-0.05, 0) is 38.2 Å². The fourth-order valence-corrected chi connectivity index (χ4v) is 2.08. The summed E-state index contributed by atoms with van der Waals surface area (Å²) in [6.45, 7) is 3.60. The lowest BCUT2D eigenvalue weighted by Crippen LogP contribution is -1.89. The highest BCUT2D eigenvalue weighted by atomic mass is 16.5. The van der Waals surface area contributed by atoms with Crippen LogP contribution in [-0.2, 0) is 9.53 Å². The molecule has 20 heavy (non-hydrogen) atoms. The Bertz CT molecular complexity index is 267. The summed E-state index contributed by atoms with van der Waals surface area (Å²) < 4.78 is 4.72. The topological polar surface area (TPSA) is 26.3 Å². The minimum absolute atomic E-state index is 0.244. The molecule has 0 heterocycles. The van der Waals surface area contributed by atoms with E-state index < -0.39 is 0 Å². The van der Waals surface area contributed by atoms with Crippen molar-refractivity contribution in [2.24, 2.45) is 0 Å². The van der Waals surface area contributed by atoms with Gasteiger partial charge in [0.1, 0.15) is 0 Å². The number of hydrogen-bond acceptors (Lipinski definition) is 2. The van der Waals surface area contributed by atoms with Crippen LogP contribution in [-0.4, -0.2) is 5.97 Å². The summed E-state index contributed by atoms with van der Waals surface area (Å²) in [7, 11) is 0. The Kier molecular flexibility index (Phi) is 15.2. The van der Waals surface area contributed by atoms with Crippen molar-refractivity contribution in [2.75, 3.05) is 0 Å². The molecule has 0 N–H and O–H groups in total. The number of carbonyl (C=O) groups excluding carboxylic acids is 1. The highest BCUT2D eigenvalue weighted by Crippen LogP contribution is 2.11. The largest absolute Gasteiger partial charge is 0.435 e. The molecule has 0 aliphatic carbocycles. The second-order valence-corrected chi connectivity index (χ2v) is 5.27. The third kappa shape index (κ3) is 16.9. The predicted molar refractivity (Wildman–Crippen MR) is 86.5 cm³/mol. The Labute approximate surface area is 125 Å². The molecule has 0 amide bonds. The lowest BCUT2D eigenvalue weighted by atomic mass is 10.1. The first kappa shape index (κ1) is 18.9. The van der Waals surface area contributed by atoms with E-state index in [0.717, 1.165) is 12.8 Å². The molecule has 0 atom stereocenters. The first-order valence-corrected chi connectivity index (χ1v) is 8.24. The van der Waals surface area contributed by atoms with Gasteiger partial charge in [-0.2, -0.15) is 0 Å². The van der Waals surface area contributed by atoms with Crippen molar-refractivity contribution >= 4 is 5.97 Å². The zero-order chi connectivity index (χ0) is 14.9. The summed E-state index contributed by atoms with van der Waals surface area (Å²) in [6, 6.07) is 0. The summed E-state index contributed by atoms with van der Waals surface area (Å²) in [4.78, 5) is 10.5. The zero-order valence-corrected chi connectivity index (χ0v) is 13.4. The van der Waals surface area contributed by atoms with Crippen LogP contribution in [0.1, 0.15) is 84.5 Å². The smallest absolute Gasteiger partial charge is 0.307 e. The third-order valence-corrected chi connectivity index (χ3v) is 3.22. The van der Waals surface area contributed by atoms with Crippen molar-refractivity contribution in [3.8, 4) is 0 Å². The van der Waals surface area contributed by atoms with Crippen molar-refractivity contribution in [3.63, 3.8) is 0 Å². The fraction of sp³-hybridized carbons (Fsp3) is 0.722. The molecule has 0 fully saturated rings. The van der Waals surface area contributed by atoms with Crippen molar-refractivity contribution in [2.45, 2.75) is 84.5 Å². The number of hydrogen-bond donors (Lipinski definition) is 0. The summed E-state index contributed by atoms with van der Waals surface area (Å²) >= 11 is 0. The fourth-order valence-electron chi connectivity index (χ4n) is 2.08. The summed E-state index contributed by atoms with van der Waals surface area (Å²) in [5.74, 6) is -0.244. The van der Waals surface area contributed by atoms with Crippen LogP contribution in [0.5, 0.6) is 0 Å². The molecule has 0 rings (SSSR count). The monoisotopic (exact) mass is 280 g/mol. The second kappa shape index (κ2) is 16.0. The van der Waals surface area contributed by atoms with Gasteiger partial charge < -0.3 is 4.74 Å². The van der Waals surface area contributed by atoms with Crippen LogP contribution in [0.15, 0.2) is 24.5 Å². The highest BCUT2D eigenvalue weighted by Gasteiger charge is 1.92. The van der Waals surface area contributed by atoms with Gasteiger partial charge >= 0.3 is 5.97 Å². The van der Waals surface area contributed by atoms with Crippen LogP contribution >= 0.6 is 0 Å². The van der Waals surface area contributed by atoms with E-state index in [1.54, 1.807) is 0 Å². The number of ether oxygens (including phenoxy) is 1. The van der Waals surface area contributed by atoms with Crippen molar-refractivity contribution in [1.82, 2.24) is 0 Å². The molecular formula is C18H32O2. The van der Waals surface area contributed by atoms with Gasteiger partial charge in [-0.1, -0.05) is 57.6 Å². The van der Waals surface area contributed by atoms with Crippen molar-refractivity contribution in [3.05, 3.63) is 24.5 Å². The van der Waals surface area contributed by atoms with Crippen molar-refractivity contribution in [1.29, 1.82) is 0 Å². The maximum absolute atomic E-state index is 10.5. The molecule has 0 unspecified atom stereocenters. The van der Waals surface area contributed by atoms with E-state index in [1.807, 2.05) is 6.08 Å². The molecule has 0 aromatic heterocycles. The van der Waals surface area contributed by atoms with E-state index in [1.165, 1.54) is 71.0 Å². The Hall–Kier alpha value is -1.05. The van der Waals surface area contributed by atoms with E-state index >= 15 is 0 Å². The van der Waals surface area contributed by atoms with E-state index in [9.17, 15) is 4.79 Å². The summed E-state index contributed by atoms with van der Waals surface area (Å²) in [5.41, 5.74) is 0. The molecule has 2 heteroatoms. The molecule has 0 radical (unpaired) electrons. The van der Waals surface area contributed by atoms with Crippen LogP contribution in [0, 0.1) is 0 Å². The molecule has 0 spiro atoms. The number of carbonyl (C=O) groups is 1. The Morgan fingerprint density at radius 1 is 0.800 bits per heavy atom. The maximum Gasteiger partial charge on any atom is 0.307 e. The van der Waals surface area contributed by atoms with Crippen LogP contribution < -0.4 is 0 Å². The number of unbranched alkanes of at least 4 members (excludes halogenated alkanes) is 9. The summed E-state index contributed by atoms with van der Waals surface area (Å²) in [6.07, 6.45) is 22.1. The predicted octanol–water partition coefficient (Wildman–Crippen LogP) is 5.93. The molecule has 116 valence electrons. The maximum atomic E-state index is 10.5. The van der Waals surface area contributed by atoms with E-state index in [-0.39, 0.29) is 5.97 Å². The van der Waals surface area contributed by atoms with Gasteiger partial charge in [-0.25, -0.2) is 0 Å². The average molecular weight is 280 g/mol. The van der Waals surface area contributed by atoms with Crippen LogP contribution in [0.3, 0.4) is 0 Å². The minimum atomic E-state index is -0.244. The molecule has 0 aromatic carbocycles. The van der Waals surface area contributed by atoms with Gasteiger partial charge in [0.15, 0.2) is 0 Å². The van der Waals surface area contributed by atoms with Gasteiger partial charge in [-0.15, -0.1) is 0 Å². The molecule has 0 bridgehead atoms. The Morgan fingerprint density at radius 2 is 1.30 bits per heavy atom. The van der Waals surface area contributed by atoms with E-state index in [0.29, 0.717) is 0 Å². The minimum Gasteiger partial charge on any atom is -0.435 e. The number of esters is 1. The number of rotatable bonds is 13. The first-order valence-electron chi connectivity index (χ1n) is 8.24. The highest BCUT2D eigenvalue weighted by molar-refractivity contribution is 5.66. The quantitative estimate of drug-likeness (QED) is 0.181. The molecule has 0 saturated carbocycles. The van der Waals surface area contributed by atoms with Gasteiger partial charge in [0.2, 0.25) is 0 Å². The van der Waals surface area contributed by atoms with E-state index in [2.05, 4.69) is 19.1 Å². The Balaban J connectivity index is 3.08. The lowest BCUT2D eigenvalue weighted by Gasteiger charge is -2.00. The number of allylic oxidation sites excluding steroid dienone is 3. The molecule has 0 saturated heterocycles. The second-order valence-electron chi connectivity index (χ2n) is 5.27. The van der Waals surface area contributed by atoms with E-state index in [4.69, 9.17) is 4.74 Å². The molecule has 0 aromatic rings. The lowest BCUT2D eigenvalue weighted by molar-refractivity contribution is -0.135. The molecule has 0 aliphatic rings. The normalized spacial score (nSPS) is 11.5. The van der Waals surface area contributed by atoms with Crippen LogP contribution in [0.4, 0.5) is 0 Å². The average Bonchev–Trinajstić information content (AvgIpc) is 2.43. The van der Waals surface area contributed by atoms with Gasteiger partial charge in [0, 0.05) is 6.92 Å².